The van der Waals surface area contributed by atoms with Gasteiger partial charge in [-0.1, -0.05) is 12.1 Å². The predicted octanol–water partition coefficient (Wildman–Crippen LogP) is 2.28. The van der Waals surface area contributed by atoms with Crippen LogP contribution in [0.25, 0.3) is 0 Å². The van der Waals surface area contributed by atoms with E-state index in [4.69, 9.17) is 10.5 Å². The van der Waals surface area contributed by atoms with Gasteiger partial charge in [0, 0.05) is 5.56 Å². The summed E-state index contributed by atoms with van der Waals surface area (Å²) in [7, 11) is 0. The molecule has 0 saturated carbocycles. The minimum atomic E-state index is -0.711. The average molecular weight is 237 g/mol. The molecule has 94 valence electrons. The van der Waals surface area contributed by atoms with Crippen molar-refractivity contribution in [3.8, 4) is 0 Å². The Balaban J connectivity index is 3.07. The van der Waals surface area contributed by atoms with E-state index in [1.807, 2.05) is 0 Å². The molecule has 4 heteroatoms. The van der Waals surface area contributed by atoms with Gasteiger partial charge < -0.3 is 15.6 Å². The molecular weight excluding hydrogens is 218 g/mol. The monoisotopic (exact) mass is 237 g/mol. The number of esters is 1. The van der Waals surface area contributed by atoms with Crippen LogP contribution in [0.15, 0.2) is 18.2 Å². The highest BCUT2D eigenvalue weighted by molar-refractivity contribution is 5.96. The molecule has 4 nitrogen and oxygen atoms in total. The molecule has 1 rings (SSSR count). The van der Waals surface area contributed by atoms with Crippen molar-refractivity contribution in [3.63, 3.8) is 0 Å². The molecule has 1 aromatic carbocycles. The van der Waals surface area contributed by atoms with Gasteiger partial charge in [0.15, 0.2) is 0 Å². The summed E-state index contributed by atoms with van der Waals surface area (Å²) in [6.07, 6.45) is -0.711. The van der Waals surface area contributed by atoms with E-state index in [0.29, 0.717) is 11.1 Å². The van der Waals surface area contributed by atoms with Crippen LogP contribution in [0.3, 0.4) is 0 Å². The van der Waals surface area contributed by atoms with Crippen LogP contribution >= 0.6 is 0 Å². The molecule has 0 radical (unpaired) electrons. The zero-order chi connectivity index (χ0) is 13.2. The first-order chi connectivity index (χ1) is 7.72. The third-order valence-electron chi connectivity index (χ3n) is 2.21. The van der Waals surface area contributed by atoms with Gasteiger partial charge in [-0.3, -0.25) is 0 Å². The highest BCUT2D eigenvalue weighted by Gasteiger charge is 2.21. The van der Waals surface area contributed by atoms with E-state index >= 15 is 0 Å². The Morgan fingerprint density at radius 2 is 2.00 bits per heavy atom. The standard InChI is InChI=1S/C13H19NO3/c1-8(15)9-6-5-7-10(11(9)14)12(16)17-13(2,3)4/h5-8,15H,14H2,1-4H3/t8-/m0/s1. The Hall–Kier alpha value is -1.55. The fourth-order valence-electron chi connectivity index (χ4n) is 1.46. The van der Waals surface area contributed by atoms with Gasteiger partial charge in [0.2, 0.25) is 0 Å². The SMILES string of the molecule is C[C@H](O)c1cccc(C(=O)OC(C)(C)C)c1N. The molecule has 0 fully saturated rings. The summed E-state index contributed by atoms with van der Waals surface area (Å²) in [5, 5.41) is 9.51. The lowest BCUT2D eigenvalue weighted by Gasteiger charge is -2.20. The number of hydrogen-bond donors (Lipinski definition) is 2. The molecule has 0 aliphatic rings. The Bertz CT molecular complexity index is 419. The van der Waals surface area contributed by atoms with Crippen molar-refractivity contribution in [1.29, 1.82) is 0 Å². The van der Waals surface area contributed by atoms with E-state index in [0.717, 1.165) is 0 Å². The first kappa shape index (κ1) is 13.5. The van der Waals surface area contributed by atoms with Crippen LogP contribution in [0.1, 0.15) is 49.7 Å². The summed E-state index contributed by atoms with van der Waals surface area (Å²) in [6, 6.07) is 4.96. The maximum Gasteiger partial charge on any atom is 0.340 e. The van der Waals surface area contributed by atoms with Gasteiger partial charge in [-0.15, -0.1) is 0 Å². The summed E-state index contributed by atoms with van der Waals surface area (Å²) in [5.74, 6) is -0.475. The Morgan fingerprint density at radius 1 is 1.41 bits per heavy atom. The Morgan fingerprint density at radius 3 is 2.47 bits per heavy atom. The molecule has 0 spiro atoms. The van der Waals surface area contributed by atoms with E-state index < -0.39 is 17.7 Å². The lowest BCUT2D eigenvalue weighted by Crippen LogP contribution is -2.24. The van der Waals surface area contributed by atoms with Gasteiger partial charge in [-0.05, 0) is 33.8 Å². The number of aliphatic hydroxyl groups is 1. The molecule has 1 aromatic rings. The van der Waals surface area contributed by atoms with Crippen LogP contribution < -0.4 is 5.73 Å². The average Bonchev–Trinajstić information content (AvgIpc) is 2.14. The number of aliphatic hydroxyl groups excluding tert-OH is 1. The van der Waals surface area contributed by atoms with Crippen molar-refractivity contribution < 1.29 is 14.6 Å². The predicted molar refractivity (Wildman–Crippen MR) is 66.7 cm³/mol. The maximum atomic E-state index is 11.9. The van der Waals surface area contributed by atoms with Gasteiger partial charge in [0.25, 0.3) is 0 Å². The second-order valence-electron chi connectivity index (χ2n) is 4.99. The van der Waals surface area contributed by atoms with E-state index in [2.05, 4.69) is 0 Å². The number of anilines is 1. The second kappa shape index (κ2) is 4.75. The van der Waals surface area contributed by atoms with Crippen molar-refractivity contribution in [3.05, 3.63) is 29.3 Å². The van der Waals surface area contributed by atoms with Crippen LogP contribution in [0.2, 0.25) is 0 Å². The molecule has 0 aliphatic heterocycles. The summed E-state index contributed by atoms with van der Waals surface area (Å²) in [5.41, 5.74) is 6.38. The number of rotatable bonds is 2. The van der Waals surface area contributed by atoms with Crippen molar-refractivity contribution >= 4 is 11.7 Å². The maximum absolute atomic E-state index is 11.9. The van der Waals surface area contributed by atoms with Gasteiger partial charge in [-0.25, -0.2) is 4.79 Å². The second-order valence-corrected chi connectivity index (χ2v) is 4.99. The summed E-state index contributed by atoms with van der Waals surface area (Å²) < 4.78 is 5.24. The number of para-hydroxylation sites is 1. The number of benzene rings is 1. The molecule has 0 aromatic heterocycles. The summed E-state index contributed by atoms with van der Waals surface area (Å²) >= 11 is 0. The van der Waals surface area contributed by atoms with Crippen molar-refractivity contribution in [2.24, 2.45) is 0 Å². The fraction of sp³-hybridized carbons (Fsp3) is 0.462. The summed E-state index contributed by atoms with van der Waals surface area (Å²) in [4.78, 5) is 11.9. The lowest BCUT2D eigenvalue weighted by atomic mass is 10.0. The van der Waals surface area contributed by atoms with Gasteiger partial charge in [0.1, 0.15) is 5.60 Å². The molecule has 3 N–H and O–H groups in total. The number of ether oxygens (including phenoxy) is 1. The third-order valence-corrected chi connectivity index (χ3v) is 2.21. The zero-order valence-corrected chi connectivity index (χ0v) is 10.7. The third kappa shape index (κ3) is 3.46. The first-order valence-electron chi connectivity index (χ1n) is 5.52. The molecule has 0 heterocycles. The highest BCUT2D eigenvalue weighted by Crippen LogP contribution is 2.25. The van der Waals surface area contributed by atoms with Gasteiger partial charge in [0.05, 0.1) is 17.4 Å². The minimum Gasteiger partial charge on any atom is -0.456 e. The fourth-order valence-corrected chi connectivity index (χ4v) is 1.46. The smallest absolute Gasteiger partial charge is 0.340 e. The van der Waals surface area contributed by atoms with Crippen LogP contribution in [-0.2, 0) is 4.74 Å². The van der Waals surface area contributed by atoms with E-state index in [1.54, 1.807) is 45.9 Å². The molecular formula is C13H19NO3. The number of carbonyl (C=O) groups is 1. The quantitative estimate of drug-likeness (QED) is 0.611. The number of nitrogen functional groups attached to an aromatic ring is 1. The molecule has 0 aliphatic carbocycles. The van der Waals surface area contributed by atoms with E-state index in [1.165, 1.54) is 0 Å². The van der Waals surface area contributed by atoms with Gasteiger partial charge in [-0.2, -0.15) is 0 Å². The lowest BCUT2D eigenvalue weighted by molar-refractivity contribution is 0.00707. The van der Waals surface area contributed by atoms with Crippen LogP contribution in [0.4, 0.5) is 5.69 Å². The molecule has 17 heavy (non-hydrogen) atoms. The van der Waals surface area contributed by atoms with Gasteiger partial charge >= 0.3 is 5.97 Å². The molecule has 0 amide bonds. The van der Waals surface area contributed by atoms with Crippen molar-refractivity contribution in [1.82, 2.24) is 0 Å². The number of nitrogens with two attached hydrogens (primary N) is 1. The van der Waals surface area contributed by atoms with Crippen molar-refractivity contribution in [2.45, 2.75) is 39.4 Å². The minimum absolute atomic E-state index is 0.275. The van der Waals surface area contributed by atoms with Crippen molar-refractivity contribution in [2.75, 3.05) is 5.73 Å². The first-order valence-corrected chi connectivity index (χ1v) is 5.52. The van der Waals surface area contributed by atoms with Crippen LogP contribution in [0, 0.1) is 0 Å². The molecule has 0 saturated heterocycles. The highest BCUT2D eigenvalue weighted by atomic mass is 16.6. The van der Waals surface area contributed by atoms with E-state index in [9.17, 15) is 9.90 Å². The Kier molecular flexibility index (Phi) is 3.78. The zero-order valence-electron chi connectivity index (χ0n) is 10.7. The molecule has 0 unspecified atom stereocenters. The topological polar surface area (TPSA) is 72.5 Å². The number of carbonyl (C=O) groups excluding carboxylic acids is 1. The largest absolute Gasteiger partial charge is 0.456 e. The summed E-state index contributed by atoms with van der Waals surface area (Å²) in [6.45, 7) is 6.98. The Labute approximate surface area is 101 Å². The molecule has 1 atom stereocenters. The molecule has 0 bridgehead atoms. The van der Waals surface area contributed by atoms with E-state index in [-0.39, 0.29) is 5.69 Å². The van der Waals surface area contributed by atoms with Crippen LogP contribution in [-0.4, -0.2) is 16.7 Å². The normalized spacial score (nSPS) is 13.2. The van der Waals surface area contributed by atoms with Crippen LogP contribution in [0.5, 0.6) is 0 Å². The number of hydrogen-bond acceptors (Lipinski definition) is 4.